The van der Waals surface area contributed by atoms with Crippen molar-refractivity contribution >= 4 is 17.5 Å². The maximum Gasteiger partial charge on any atom is 0.260 e. The maximum atomic E-state index is 11.9. The summed E-state index contributed by atoms with van der Waals surface area (Å²) in [5.74, 6) is 0.641. The summed E-state index contributed by atoms with van der Waals surface area (Å²) >= 11 is 5.84. The molecule has 1 fully saturated rings. The van der Waals surface area contributed by atoms with E-state index in [4.69, 9.17) is 16.3 Å². The molecule has 0 bridgehead atoms. The van der Waals surface area contributed by atoms with Crippen molar-refractivity contribution in [1.29, 1.82) is 0 Å². The van der Waals surface area contributed by atoms with Crippen molar-refractivity contribution in [3.05, 3.63) is 29.3 Å². The summed E-state index contributed by atoms with van der Waals surface area (Å²) < 4.78 is 5.44. The van der Waals surface area contributed by atoms with Crippen LogP contribution in [0.15, 0.2) is 24.3 Å². The third-order valence-corrected chi connectivity index (χ3v) is 3.11. The van der Waals surface area contributed by atoms with Gasteiger partial charge in [-0.3, -0.25) is 4.79 Å². The van der Waals surface area contributed by atoms with Crippen LogP contribution < -0.4 is 10.1 Å². The van der Waals surface area contributed by atoms with Crippen LogP contribution in [0.2, 0.25) is 5.02 Å². The SMILES string of the molecule is C[C@H]1CN(C(=O)COc2cccc(Cl)c2)CCN1. The smallest absolute Gasteiger partial charge is 0.260 e. The molecule has 0 aromatic heterocycles. The van der Waals surface area contributed by atoms with Gasteiger partial charge in [-0.15, -0.1) is 0 Å². The Morgan fingerprint density at radius 2 is 2.44 bits per heavy atom. The topological polar surface area (TPSA) is 41.6 Å². The van der Waals surface area contributed by atoms with Crippen LogP contribution in [-0.4, -0.2) is 43.1 Å². The molecule has 0 aliphatic carbocycles. The maximum absolute atomic E-state index is 11.9. The normalized spacial score (nSPS) is 19.7. The van der Waals surface area contributed by atoms with E-state index in [1.54, 1.807) is 24.3 Å². The molecule has 0 unspecified atom stereocenters. The van der Waals surface area contributed by atoms with E-state index in [9.17, 15) is 4.79 Å². The number of piperazine rings is 1. The van der Waals surface area contributed by atoms with Gasteiger partial charge in [0.25, 0.3) is 5.91 Å². The molecule has 2 rings (SSSR count). The van der Waals surface area contributed by atoms with Crippen molar-refractivity contribution in [1.82, 2.24) is 10.2 Å². The second-order valence-electron chi connectivity index (χ2n) is 4.44. The van der Waals surface area contributed by atoms with Crippen molar-refractivity contribution in [2.24, 2.45) is 0 Å². The third kappa shape index (κ3) is 3.62. The minimum atomic E-state index is 0.0170. The molecule has 1 N–H and O–H groups in total. The van der Waals surface area contributed by atoms with Gasteiger partial charge in [-0.25, -0.2) is 0 Å². The highest BCUT2D eigenvalue weighted by molar-refractivity contribution is 6.30. The van der Waals surface area contributed by atoms with Crippen LogP contribution in [0.25, 0.3) is 0 Å². The van der Waals surface area contributed by atoms with Gasteiger partial charge in [0.05, 0.1) is 0 Å². The molecule has 98 valence electrons. The molecule has 0 saturated carbocycles. The first kappa shape index (κ1) is 13.2. The lowest BCUT2D eigenvalue weighted by molar-refractivity contribution is -0.134. The van der Waals surface area contributed by atoms with Crippen molar-refractivity contribution in [2.45, 2.75) is 13.0 Å². The number of amides is 1. The molecule has 1 aliphatic heterocycles. The van der Waals surface area contributed by atoms with E-state index in [0.717, 1.165) is 19.6 Å². The Balaban J connectivity index is 1.84. The number of carbonyl (C=O) groups excluding carboxylic acids is 1. The highest BCUT2D eigenvalue weighted by Crippen LogP contribution is 2.17. The van der Waals surface area contributed by atoms with Gasteiger partial charge in [0, 0.05) is 30.7 Å². The summed E-state index contributed by atoms with van der Waals surface area (Å²) in [6.45, 7) is 4.44. The average molecular weight is 269 g/mol. The molecule has 18 heavy (non-hydrogen) atoms. The van der Waals surface area contributed by atoms with Crippen LogP contribution >= 0.6 is 11.6 Å². The van der Waals surface area contributed by atoms with Gasteiger partial charge in [-0.1, -0.05) is 17.7 Å². The lowest BCUT2D eigenvalue weighted by atomic mass is 10.2. The van der Waals surface area contributed by atoms with Crippen LogP contribution in [0, 0.1) is 0 Å². The van der Waals surface area contributed by atoms with Gasteiger partial charge in [0.2, 0.25) is 0 Å². The highest BCUT2D eigenvalue weighted by atomic mass is 35.5. The molecule has 5 heteroatoms. The quantitative estimate of drug-likeness (QED) is 0.904. The van der Waals surface area contributed by atoms with Gasteiger partial charge < -0.3 is 15.0 Å². The first-order valence-corrected chi connectivity index (χ1v) is 6.42. The Morgan fingerprint density at radius 1 is 1.61 bits per heavy atom. The predicted octanol–water partition coefficient (Wildman–Crippen LogP) is 1.54. The lowest BCUT2D eigenvalue weighted by Gasteiger charge is -2.31. The Kier molecular flexibility index (Phi) is 4.44. The molecular formula is C13H17ClN2O2. The summed E-state index contributed by atoms with van der Waals surface area (Å²) in [4.78, 5) is 13.8. The van der Waals surface area contributed by atoms with Crippen LogP contribution in [0.5, 0.6) is 5.75 Å². The lowest BCUT2D eigenvalue weighted by Crippen LogP contribution is -2.52. The average Bonchev–Trinajstić information content (AvgIpc) is 2.36. The van der Waals surface area contributed by atoms with Crippen molar-refractivity contribution in [3.63, 3.8) is 0 Å². The fourth-order valence-corrected chi connectivity index (χ4v) is 2.13. The molecular weight excluding hydrogens is 252 g/mol. The highest BCUT2D eigenvalue weighted by Gasteiger charge is 2.20. The molecule has 1 aromatic carbocycles. The van der Waals surface area contributed by atoms with Crippen molar-refractivity contribution < 1.29 is 9.53 Å². The molecule has 1 aromatic rings. The largest absolute Gasteiger partial charge is 0.484 e. The summed E-state index contributed by atoms with van der Waals surface area (Å²) in [6.07, 6.45) is 0. The minimum Gasteiger partial charge on any atom is -0.484 e. The van der Waals surface area contributed by atoms with Crippen molar-refractivity contribution in [3.8, 4) is 5.75 Å². The van der Waals surface area contributed by atoms with Gasteiger partial charge >= 0.3 is 0 Å². The van der Waals surface area contributed by atoms with E-state index < -0.39 is 0 Å². The fraction of sp³-hybridized carbons (Fsp3) is 0.462. The number of nitrogens with one attached hydrogen (secondary N) is 1. The first-order valence-electron chi connectivity index (χ1n) is 6.04. The van der Waals surface area contributed by atoms with Gasteiger partial charge in [-0.2, -0.15) is 0 Å². The zero-order valence-corrected chi connectivity index (χ0v) is 11.1. The second-order valence-corrected chi connectivity index (χ2v) is 4.88. The predicted molar refractivity (Wildman–Crippen MR) is 71.0 cm³/mol. The van der Waals surface area contributed by atoms with Crippen molar-refractivity contribution in [2.75, 3.05) is 26.2 Å². The number of hydrogen-bond donors (Lipinski definition) is 1. The van der Waals surface area contributed by atoms with E-state index >= 15 is 0 Å². The number of ether oxygens (including phenoxy) is 1. The molecule has 0 radical (unpaired) electrons. The zero-order chi connectivity index (χ0) is 13.0. The molecule has 1 atom stereocenters. The van der Waals surface area contributed by atoms with E-state index in [0.29, 0.717) is 16.8 Å². The molecule has 1 heterocycles. The van der Waals surface area contributed by atoms with Gasteiger partial charge in [-0.05, 0) is 25.1 Å². The Hall–Kier alpha value is -1.26. The van der Waals surface area contributed by atoms with Gasteiger partial charge in [0.15, 0.2) is 6.61 Å². The van der Waals surface area contributed by atoms with Crippen LogP contribution in [-0.2, 0) is 4.79 Å². The van der Waals surface area contributed by atoms with Gasteiger partial charge in [0.1, 0.15) is 5.75 Å². The van der Waals surface area contributed by atoms with E-state index in [-0.39, 0.29) is 12.5 Å². The Bertz CT molecular complexity index is 425. The molecule has 0 spiro atoms. The summed E-state index contributed by atoms with van der Waals surface area (Å²) in [5, 5.41) is 3.90. The summed E-state index contributed by atoms with van der Waals surface area (Å²) in [7, 11) is 0. The number of carbonyl (C=O) groups is 1. The third-order valence-electron chi connectivity index (χ3n) is 2.88. The number of hydrogen-bond acceptors (Lipinski definition) is 3. The number of nitrogens with zero attached hydrogens (tertiary/aromatic N) is 1. The van der Waals surface area contributed by atoms with E-state index in [1.165, 1.54) is 0 Å². The van der Waals surface area contributed by atoms with E-state index in [2.05, 4.69) is 12.2 Å². The summed E-state index contributed by atoms with van der Waals surface area (Å²) in [5.41, 5.74) is 0. The van der Waals surface area contributed by atoms with Crippen LogP contribution in [0.4, 0.5) is 0 Å². The number of halogens is 1. The minimum absolute atomic E-state index is 0.0170. The van der Waals surface area contributed by atoms with Crippen LogP contribution in [0.3, 0.4) is 0 Å². The Morgan fingerprint density at radius 3 is 3.17 bits per heavy atom. The monoisotopic (exact) mass is 268 g/mol. The standard InChI is InChI=1S/C13H17ClN2O2/c1-10-8-16(6-5-15-10)13(17)9-18-12-4-2-3-11(14)7-12/h2-4,7,10,15H,5-6,8-9H2,1H3/t10-/m0/s1. The first-order chi connectivity index (χ1) is 8.65. The molecule has 1 aliphatic rings. The fourth-order valence-electron chi connectivity index (χ4n) is 1.95. The molecule has 1 amide bonds. The van der Waals surface area contributed by atoms with E-state index in [1.807, 2.05) is 4.90 Å². The Labute approximate surface area is 112 Å². The second kappa shape index (κ2) is 6.07. The van der Waals surface area contributed by atoms with Crippen LogP contribution in [0.1, 0.15) is 6.92 Å². The number of benzene rings is 1. The summed E-state index contributed by atoms with van der Waals surface area (Å²) in [6, 6.07) is 7.41. The molecule has 1 saturated heterocycles. The zero-order valence-electron chi connectivity index (χ0n) is 10.4. The number of rotatable bonds is 3. The molecule has 4 nitrogen and oxygen atoms in total.